The molecule has 0 radical (unpaired) electrons. The van der Waals surface area contributed by atoms with Gasteiger partial charge in [0.25, 0.3) is 0 Å². The summed E-state index contributed by atoms with van der Waals surface area (Å²) in [7, 11) is 0. The molecule has 3 aromatic rings. The number of pyridine rings is 1. The molecule has 1 aliphatic heterocycles. The highest BCUT2D eigenvalue weighted by Gasteiger charge is 2.26. The molecule has 1 aliphatic rings. The van der Waals surface area contributed by atoms with Gasteiger partial charge in [0.15, 0.2) is 0 Å². The molecule has 4 heterocycles. The zero-order valence-electron chi connectivity index (χ0n) is 15.6. The van der Waals surface area contributed by atoms with Crippen LogP contribution in [0, 0.1) is 5.92 Å². The van der Waals surface area contributed by atoms with Gasteiger partial charge in [-0.3, -0.25) is 14.7 Å². The van der Waals surface area contributed by atoms with E-state index in [9.17, 15) is 4.79 Å². The number of amides is 1. The summed E-state index contributed by atoms with van der Waals surface area (Å²) in [6.45, 7) is 2.91. The number of aromatic nitrogens is 3. The normalized spacial score (nSPS) is 17.5. The molecule has 146 valence electrons. The van der Waals surface area contributed by atoms with Crippen LogP contribution in [-0.2, 0) is 17.8 Å². The Bertz CT molecular complexity index is 881. The van der Waals surface area contributed by atoms with E-state index in [0.29, 0.717) is 24.8 Å². The number of nitrogens with zero attached hydrogens (tertiary/aromatic N) is 4. The first-order valence-corrected chi connectivity index (χ1v) is 10.4. The van der Waals surface area contributed by atoms with Crippen molar-refractivity contribution in [1.29, 1.82) is 0 Å². The summed E-state index contributed by atoms with van der Waals surface area (Å²) in [5, 5.41) is 9.20. The first-order valence-electron chi connectivity index (χ1n) is 9.53. The molecule has 0 saturated carbocycles. The first-order chi connectivity index (χ1) is 13.8. The van der Waals surface area contributed by atoms with E-state index in [4.69, 9.17) is 4.52 Å². The summed E-state index contributed by atoms with van der Waals surface area (Å²) >= 11 is 1.73. The van der Waals surface area contributed by atoms with Gasteiger partial charge in [0.1, 0.15) is 0 Å². The van der Waals surface area contributed by atoms with E-state index in [0.717, 1.165) is 37.9 Å². The second-order valence-corrected chi connectivity index (χ2v) is 7.97. The molecule has 1 saturated heterocycles. The molecular weight excluding hydrogens is 374 g/mol. The molecule has 1 amide bonds. The Morgan fingerprint density at radius 2 is 2.21 bits per heavy atom. The van der Waals surface area contributed by atoms with Gasteiger partial charge in [0, 0.05) is 35.9 Å². The van der Waals surface area contributed by atoms with E-state index in [1.165, 1.54) is 4.88 Å². The molecule has 1 N–H and O–H groups in total. The van der Waals surface area contributed by atoms with Crippen molar-refractivity contribution in [1.82, 2.24) is 25.3 Å². The van der Waals surface area contributed by atoms with Crippen LogP contribution in [0.1, 0.15) is 23.6 Å². The Labute approximate surface area is 167 Å². The van der Waals surface area contributed by atoms with Crippen LogP contribution >= 0.6 is 11.3 Å². The molecule has 7 nitrogen and oxygen atoms in total. The minimum Gasteiger partial charge on any atom is -0.355 e. The van der Waals surface area contributed by atoms with Gasteiger partial charge in [-0.2, -0.15) is 4.98 Å². The predicted octanol–water partition coefficient (Wildman–Crippen LogP) is 2.76. The van der Waals surface area contributed by atoms with Crippen LogP contribution in [0.25, 0.3) is 11.4 Å². The molecule has 4 rings (SSSR count). The van der Waals surface area contributed by atoms with Crippen LogP contribution in [0.15, 0.2) is 46.6 Å². The first kappa shape index (κ1) is 18.8. The predicted molar refractivity (Wildman–Crippen MR) is 107 cm³/mol. The summed E-state index contributed by atoms with van der Waals surface area (Å²) in [6.07, 6.45) is 6.22. The lowest BCUT2D eigenvalue weighted by Gasteiger charge is -2.30. The lowest BCUT2D eigenvalue weighted by atomic mass is 9.97. The maximum absolute atomic E-state index is 12.5. The van der Waals surface area contributed by atoms with Crippen molar-refractivity contribution in [3.05, 3.63) is 52.8 Å². The zero-order valence-corrected chi connectivity index (χ0v) is 16.4. The lowest BCUT2D eigenvalue weighted by Crippen LogP contribution is -2.43. The van der Waals surface area contributed by atoms with Crippen LogP contribution in [0.4, 0.5) is 0 Å². The van der Waals surface area contributed by atoms with E-state index >= 15 is 0 Å². The maximum atomic E-state index is 12.5. The van der Waals surface area contributed by atoms with Crippen molar-refractivity contribution in [2.45, 2.75) is 25.8 Å². The van der Waals surface area contributed by atoms with Crippen LogP contribution in [0.2, 0.25) is 0 Å². The highest BCUT2D eigenvalue weighted by atomic mass is 32.1. The summed E-state index contributed by atoms with van der Waals surface area (Å²) in [5.74, 6) is 1.30. The summed E-state index contributed by atoms with van der Waals surface area (Å²) in [4.78, 5) is 24.5. The van der Waals surface area contributed by atoms with Crippen molar-refractivity contribution < 1.29 is 9.32 Å². The van der Waals surface area contributed by atoms with E-state index < -0.39 is 0 Å². The number of piperidine rings is 1. The number of carbonyl (C=O) groups is 1. The summed E-state index contributed by atoms with van der Waals surface area (Å²) < 4.78 is 5.40. The van der Waals surface area contributed by atoms with E-state index in [2.05, 4.69) is 36.8 Å². The highest BCUT2D eigenvalue weighted by molar-refractivity contribution is 7.09. The number of carbonyl (C=O) groups excluding carboxylic acids is 1. The number of rotatable bonds is 7. The molecule has 8 heteroatoms. The highest BCUT2D eigenvalue weighted by Crippen LogP contribution is 2.20. The molecule has 28 heavy (non-hydrogen) atoms. The number of hydrogen-bond donors (Lipinski definition) is 1. The Morgan fingerprint density at radius 1 is 1.32 bits per heavy atom. The largest absolute Gasteiger partial charge is 0.355 e. The molecule has 0 aromatic carbocycles. The maximum Gasteiger partial charge on any atom is 0.241 e. The number of likely N-dealkylation sites (tertiary alicyclic amines) is 1. The summed E-state index contributed by atoms with van der Waals surface area (Å²) in [5.41, 5.74) is 0.881. The third kappa shape index (κ3) is 4.82. The molecule has 1 atom stereocenters. The third-order valence-electron chi connectivity index (χ3n) is 4.89. The molecule has 0 aliphatic carbocycles. The van der Waals surface area contributed by atoms with Gasteiger partial charge in [-0.05, 0) is 49.4 Å². The average molecular weight is 398 g/mol. The molecule has 0 unspecified atom stereocenters. The fourth-order valence-corrected chi connectivity index (χ4v) is 4.16. The quantitative estimate of drug-likeness (QED) is 0.660. The van der Waals surface area contributed by atoms with Gasteiger partial charge in [-0.1, -0.05) is 11.2 Å². The van der Waals surface area contributed by atoms with Gasteiger partial charge in [-0.25, -0.2) is 0 Å². The van der Waals surface area contributed by atoms with Gasteiger partial charge in [0.2, 0.25) is 17.6 Å². The van der Waals surface area contributed by atoms with E-state index in [1.54, 1.807) is 23.7 Å². The van der Waals surface area contributed by atoms with Crippen molar-refractivity contribution in [3.8, 4) is 11.4 Å². The minimum atomic E-state index is 0.0136. The number of hydrogen-bond acceptors (Lipinski definition) is 7. The monoisotopic (exact) mass is 397 g/mol. The topological polar surface area (TPSA) is 84.2 Å². The van der Waals surface area contributed by atoms with E-state index in [1.807, 2.05) is 18.2 Å². The second kappa shape index (κ2) is 9.07. The number of thiophene rings is 1. The fourth-order valence-electron chi connectivity index (χ4n) is 3.45. The molecular formula is C20H23N5O2S. The van der Waals surface area contributed by atoms with Crippen LogP contribution in [0.5, 0.6) is 0 Å². The summed E-state index contributed by atoms with van der Waals surface area (Å²) in [6, 6.07) is 7.85. The smallest absolute Gasteiger partial charge is 0.241 e. The van der Waals surface area contributed by atoms with E-state index in [-0.39, 0.29) is 11.8 Å². The lowest BCUT2D eigenvalue weighted by molar-refractivity contribution is -0.126. The van der Waals surface area contributed by atoms with Gasteiger partial charge < -0.3 is 9.84 Å². The van der Waals surface area contributed by atoms with Gasteiger partial charge in [0.05, 0.1) is 12.5 Å². The van der Waals surface area contributed by atoms with Crippen molar-refractivity contribution in [2.24, 2.45) is 5.92 Å². The Balaban J connectivity index is 1.28. The molecule has 0 bridgehead atoms. The Kier molecular flexibility index (Phi) is 6.08. The Hall–Kier alpha value is -2.58. The zero-order chi connectivity index (χ0) is 19.2. The third-order valence-corrected chi connectivity index (χ3v) is 5.83. The van der Waals surface area contributed by atoms with Gasteiger partial charge >= 0.3 is 0 Å². The van der Waals surface area contributed by atoms with Gasteiger partial charge in [-0.15, -0.1) is 11.3 Å². The fraction of sp³-hybridized carbons (Fsp3) is 0.400. The van der Waals surface area contributed by atoms with Crippen molar-refractivity contribution in [3.63, 3.8) is 0 Å². The minimum absolute atomic E-state index is 0.0136. The molecule has 1 fully saturated rings. The van der Waals surface area contributed by atoms with Crippen LogP contribution in [-0.4, -0.2) is 45.6 Å². The SMILES string of the molecule is O=C(NCCc1cccs1)[C@@H]1CCCN(Cc2nc(-c3ccncc3)no2)C1. The van der Waals surface area contributed by atoms with Crippen molar-refractivity contribution in [2.75, 3.05) is 19.6 Å². The van der Waals surface area contributed by atoms with Crippen LogP contribution in [0.3, 0.4) is 0 Å². The molecule has 0 spiro atoms. The second-order valence-electron chi connectivity index (χ2n) is 6.94. The molecule has 3 aromatic heterocycles. The Morgan fingerprint density at radius 3 is 3.04 bits per heavy atom. The average Bonchev–Trinajstić information content (AvgIpc) is 3.41. The van der Waals surface area contributed by atoms with Crippen molar-refractivity contribution >= 4 is 17.2 Å². The number of nitrogens with one attached hydrogen (secondary N) is 1. The standard InChI is InChI=1S/C20H23N5O2S/c26-20(22-10-7-17-4-2-12-28-17)16-3-1-11-25(13-16)14-18-23-19(24-27-18)15-5-8-21-9-6-15/h2,4-6,8-9,12,16H,1,3,7,10-11,13-14H2,(H,22,26)/t16-/m1/s1. The van der Waals surface area contributed by atoms with Crippen LogP contribution < -0.4 is 5.32 Å².